The van der Waals surface area contributed by atoms with Gasteiger partial charge >= 0.3 is 0 Å². The summed E-state index contributed by atoms with van der Waals surface area (Å²) in [6.45, 7) is 0.247. The minimum absolute atomic E-state index is 0.247. The first-order chi connectivity index (χ1) is 2.81. The molecular weight excluding hydrogens is 78.1 g/mol. The Morgan fingerprint density at radius 1 is 1.83 bits per heavy atom. The van der Waals surface area contributed by atoms with E-state index in [4.69, 9.17) is 16.7 Å². The topological polar surface area (TPSA) is 75.8 Å². The van der Waals surface area contributed by atoms with Crippen molar-refractivity contribution in [1.29, 1.82) is 5.26 Å². The largest absolute Gasteiger partial charge is 0.328 e. The van der Waals surface area contributed by atoms with Crippen molar-refractivity contribution in [3.63, 3.8) is 0 Å². The fraction of sp³-hybridized carbons (Fsp3) is 0.667. The highest BCUT2D eigenvalue weighted by molar-refractivity contribution is 4.86. The van der Waals surface area contributed by atoms with E-state index in [1.165, 1.54) is 0 Å². The Balaban J connectivity index is 3.04. The van der Waals surface area contributed by atoms with Gasteiger partial charge in [-0.2, -0.15) is 5.26 Å². The molecule has 0 rings (SSSR count). The summed E-state index contributed by atoms with van der Waals surface area (Å²) >= 11 is 0. The number of nitriles is 1. The first-order valence-corrected chi connectivity index (χ1v) is 1.66. The lowest BCUT2D eigenvalue weighted by Gasteiger charge is -1.89. The van der Waals surface area contributed by atoms with Crippen LogP contribution in [-0.4, -0.2) is 12.6 Å². The molecule has 1 atom stereocenters. The quantitative estimate of drug-likeness (QED) is 0.419. The predicted molar refractivity (Wildman–Crippen MR) is 22.6 cm³/mol. The summed E-state index contributed by atoms with van der Waals surface area (Å²) in [4.78, 5) is 0. The van der Waals surface area contributed by atoms with Crippen LogP contribution in [-0.2, 0) is 0 Å². The van der Waals surface area contributed by atoms with E-state index < -0.39 is 6.04 Å². The van der Waals surface area contributed by atoms with Crippen LogP contribution in [0.15, 0.2) is 0 Å². The Hall–Kier alpha value is -0.590. The third-order valence-electron chi connectivity index (χ3n) is 0.420. The molecule has 4 N–H and O–H groups in total. The van der Waals surface area contributed by atoms with Gasteiger partial charge in [0.05, 0.1) is 6.07 Å². The molecule has 3 heteroatoms. The van der Waals surface area contributed by atoms with Gasteiger partial charge in [-0.1, -0.05) is 0 Å². The van der Waals surface area contributed by atoms with Gasteiger partial charge in [0.2, 0.25) is 0 Å². The van der Waals surface area contributed by atoms with Crippen LogP contribution in [0, 0.1) is 11.3 Å². The molecule has 3 nitrogen and oxygen atoms in total. The van der Waals surface area contributed by atoms with Crippen molar-refractivity contribution in [2.24, 2.45) is 11.5 Å². The van der Waals surface area contributed by atoms with Crippen molar-refractivity contribution in [3.8, 4) is 6.07 Å². The molecule has 0 saturated carbocycles. The summed E-state index contributed by atoms with van der Waals surface area (Å²) in [7, 11) is 0. The van der Waals surface area contributed by atoms with Crippen LogP contribution in [0.5, 0.6) is 0 Å². The highest BCUT2D eigenvalue weighted by Crippen LogP contribution is 1.60. The van der Waals surface area contributed by atoms with Gasteiger partial charge in [-0.05, 0) is 0 Å². The molecule has 0 radical (unpaired) electrons. The first kappa shape index (κ1) is 5.41. The third-order valence-corrected chi connectivity index (χ3v) is 0.420. The van der Waals surface area contributed by atoms with Crippen LogP contribution in [0.4, 0.5) is 0 Å². The second kappa shape index (κ2) is 2.64. The van der Waals surface area contributed by atoms with E-state index in [0.29, 0.717) is 0 Å². The summed E-state index contributed by atoms with van der Waals surface area (Å²) in [6, 6.07) is 1.29. The zero-order valence-corrected chi connectivity index (χ0v) is 3.39. The predicted octanol–water partition coefficient (Wildman–Crippen LogP) is -1.20. The molecule has 0 aromatic carbocycles. The highest BCUT2D eigenvalue weighted by atomic mass is 14.7. The van der Waals surface area contributed by atoms with Crippen LogP contribution in [0.1, 0.15) is 0 Å². The van der Waals surface area contributed by atoms with E-state index in [-0.39, 0.29) is 6.54 Å². The third kappa shape index (κ3) is 1.70. The number of rotatable bonds is 1. The molecule has 0 spiro atoms. The van der Waals surface area contributed by atoms with Gasteiger partial charge in [-0.15, -0.1) is 0 Å². The Bertz CT molecular complexity index is 62.9. The molecule has 6 heavy (non-hydrogen) atoms. The monoisotopic (exact) mass is 85.1 g/mol. The van der Waals surface area contributed by atoms with Crippen molar-refractivity contribution in [1.82, 2.24) is 0 Å². The van der Waals surface area contributed by atoms with Gasteiger partial charge in [0, 0.05) is 6.54 Å². The maximum Gasteiger partial charge on any atom is 0.105 e. The van der Waals surface area contributed by atoms with Crippen molar-refractivity contribution < 1.29 is 0 Å². The zero-order valence-electron chi connectivity index (χ0n) is 3.39. The van der Waals surface area contributed by atoms with Gasteiger partial charge in [0.25, 0.3) is 0 Å². The highest BCUT2D eigenvalue weighted by Gasteiger charge is 1.88. The lowest BCUT2D eigenvalue weighted by Crippen LogP contribution is -2.27. The van der Waals surface area contributed by atoms with Crippen LogP contribution < -0.4 is 11.5 Å². The average molecular weight is 85.1 g/mol. The van der Waals surface area contributed by atoms with E-state index in [0.717, 1.165) is 0 Å². The minimum atomic E-state index is -0.481. The fourth-order valence-electron chi connectivity index (χ4n) is 0.0527. The summed E-state index contributed by atoms with van der Waals surface area (Å²) < 4.78 is 0. The molecule has 0 aliphatic heterocycles. The van der Waals surface area contributed by atoms with Gasteiger partial charge < -0.3 is 11.5 Å². The molecule has 0 amide bonds. The summed E-state index contributed by atoms with van der Waals surface area (Å²) in [5.74, 6) is 0. The Morgan fingerprint density at radius 3 is 2.33 bits per heavy atom. The summed E-state index contributed by atoms with van der Waals surface area (Å²) in [5.41, 5.74) is 9.92. The second-order valence-electron chi connectivity index (χ2n) is 0.971. The Labute approximate surface area is 36.5 Å². The van der Waals surface area contributed by atoms with Crippen LogP contribution in [0.2, 0.25) is 0 Å². The lowest BCUT2D eigenvalue weighted by atomic mass is 10.4. The lowest BCUT2D eigenvalue weighted by molar-refractivity contribution is 0.836. The van der Waals surface area contributed by atoms with Crippen molar-refractivity contribution in [3.05, 3.63) is 0 Å². The zero-order chi connectivity index (χ0) is 4.99. The minimum Gasteiger partial charge on any atom is -0.328 e. The van der Waals surface area contributed by atoms with Crippen molar-refractivity contribution >= 4 is 0 Å². The van der Waals surface area contributed by atoms with Gasteiger partial charge in [0.15, 0.2) is 0 Å². The Morgan fingerprint density at radius 2 is 2.33 bits per heavy atom. The SMILES string of the molecule is N#CC(N)CN. The van der Waals surface area contributed by atoms with E-state index in [9.17, 15) is 0 Å². The first-order valence-electron chi connectivity index (χ1n) is 1.66. The van der Waals surface area contributed by atoms with E-state index in [1.807, 2.05) is 0 Å². The number of nitrogens with zero attached hydrogens (tertiary/aromatic N) is 1. The van der Waals surface area contributed by atoms with Crippen LogP contribution in [0.25, 0.3) is 0 Å². The molecule has 0 aromatic rings. The fourth-order valence-corrected chi connectivity index (χ4v) is 0.0527. The van der Waals surface area contributed by atoms with Crippen LogP contribution in [0.3, 0.4) is 0 Å². The smallest absolute Gasteiger partial charge is 0.105 e. The summed E-state index contributed by atoms with van der Waals surface area (Å²) in [6.07, 6.45) is 0. The number of hydrogen-bond acceptors (Lipinski definition) is 3. The molecule has 34 valence electrons. The normalized spacial score (nSPS) is 12.8. The summed E-state index contributed by atoms with van der Waals surface area (Å²) in [5, 5.41) is 7.88. The second-order valence-corrected chi connectivity index (χ2v) is 0.971. The average Bonchev–Trinajstić information content (AvgIpc) is 1.65. The van der Waals surface area contributed by atoms with Gasteiger partial charge in [-0.25, -0.2) is 0 Å². The molecule has 0 aliphatic carbocycles. The van der Waals surface area contributed by atoms with E-state index >= 15 is 0 Å². The Kier molecular flexibility index (Phi) is 2.38. The molecule has 0 saturated heterocycles. The molecule has 0 heterocycles. The van der Waals surface area contributed by atoms with Gasteiger partial charge in [0.1, 0.15) is 6.04 Å². The molecular formula is C3H7N3. The van der Waals surface area contributed by atoms with E-state index in [1.54, 1.807) is 6.07 Å². The number of nitrogens with two attached hydrogens (primary N) is 2. The number of hydrogen-bond donors (Lipinski definition) is 2. The maximum absolute atomic E-state index is 7.88. The molecule has 0 aliphatic rings. The van der Waals surface area contributed by atoms with E-state index in [2.05, 4.69) is 0 Å². The van der Waals surface area contributed by atoms with Crippen LogP contribution >= 0.6 is 0 Å². The van der Waals surface area contributed by atoms with Gasteiger partial charge in [-0.3, -0.25) is 0 Å². The molecule has 1 unspecified atom stereocenters. The molecule has 0 aromatic heterocycles. The standard InChI is InChI=1S/C3H7N3/c4-1-3(6)2-5/h3H,1,4,6H2. The maximum atomic E-state index is 7.88. The van der Waals surface area contributed by atoms with Crippen molar-refractivity contribution in [2.45, 2.75) is 6.04 Å². The molecule has 0 bridgehead atoms. The molecule has 0 fully saturated rings. The van der Waals surface area contributed by atoms with Crippen molar-refractivity contribution in [2.75, 3.05) is 6.54 Å².